The molecule has 0 amide bonds. The van der Waals surface area contributed by atoms with E-state index in [0.29, 0.717) is 17.5 Å². The van der Waals surface area contributed by atoms with Crippen molar-refractivity contribution in [1.29, 1.82) is 0 Å². The van der Waals surface area contributed by atoms with Crippen LogP contribution in [0.5, 0.6) is 0 Å². The van der Waals surface area contributed by atoms with Crippen molar-refractivity contribution in [3.63, 3.8) is 0 Å². The van der Waals surface area contributed by atoms with Crippen LogP contribution in [-0.2, 0) is 0 Å². The molecule has 0 fully saturated rings. The Bertz CT molecular complexity index is 3510. The Labute approximate surface area is 357 Å². The van der Waals surface area contributed by atoms with Gasteiger partial charge in [0.1, 0.15) is 11.2 Å². The number of hydrogen-bond acceptors (Lipinski definition) is 4. The standard InChI is InChI=1S/C57H36N4O/c1-4-15-37(16-5-1)40-29-31-45(32-30-40)61-51-28-11-10-25-46(51)49-36-53-50(35-52(49)61)47-26-14-27-48(54(47)62-53)57-59-55(43-23-12-21-41(33-43)38-17-6-2-7-18-38)58-56(60-57)44-24-13-22-42(34-44)39-19-8-3-9-20-39/h1-36H. The molecule has 3 aromatic heterocycles. The molecular weight excluding hydrogens is 757 g/mol. The van der Waals surface area contributed by atoms with E-state index in [-0.39, 0.29) is 0 Å². The van der Waals surface area contributed by atoms with E-state index in [1.807, 2.05) is 12.1 Å². The summed E-state index contributed by atoms with van der Waals surface area (Å²) in [6.45, 7) is 0. The predicted molar refractivity (Wildman–Crippen MR) is 254 cm³/mol. The van der Waals surface area contributed by atoms with Gasteiger partial charge in [-0.15, -0.1) is 0 Å². The second kappa shape index (κ2) is 14.7. The van der Waals surface area contributed by atoms with Crippen molar-refractivity contribution >= 4 is 43.7 Å². The van der Waals surface area contributed by atoms with Crippen molar-refractivity contribution in [2.24, 2.45) is 0 Å². The Morgan fingerprint density at radius 1 is 0.306 bits per heavy atom. The predicted octanol–water partition coefficient (Wildman–Crippen LogP) is 14.9. The van der Waals surface area contributed by atoms with E-state index in [1.54, 1.807) is 0 Å². The van der Waals surface area contributed by atoms with Gasteiger partial charge in [0, 0.05) is 38.4 Å². The second-order valence-electron chi connectivity index (χ2n) is 15.6. The molecule has 9 aromatic carbocycles. The number of rotatable bonds is 7. The van der Waals surface area contributed by atoms with E-state index in [0.717, 1.165) is 83.0 Å². The Morgan fingerprint density at radius 3 is 1.42 bits per heavy atom. The van der Waals surface area contributed by atoms with Crippen molar-refractivity contribution in [1.82, 2.24) is 19.5 Å². The van der Waals surface area contributed by atoms with Gasteiger partial charge in [-0.25, -0.2) is 15.0 Å². The normalized spacial score (nSPS) is 11.5. The molecule has 0 unspecified atom stereocenters. The minimum Gasteiger partial charge on any atom is -0.455 e. The molecule has 5 heteroatoms. The minimum atomic E-state index is 0.544. The largest absolute Gasteiger partial charge is 0.455 e. The van der Waals surface area contributed by atoms with Crippen LogP contribution < -0.4 is 0 Å². The topological polar surface area (TPSA) is 56.7 Å². The van der Waals surface area contributed by atoms with Crippen LogP contribution in [0.4, 0.5) is 0 Å². The molecular formula is C57H36N4O. The molecule has 0 aliphatic heterocycles. The highest BCUT2D eigenvalue weighted by atomic mass is 16.3. The summed E-state index contributed by atoms with van der Waals surface area (Å²) < 4.78 is 9.27. The highest BCUT2D eigenvalue weighted by molar-refractivity contribution is 6.18. The molecule has 0 N–H and O–H groups in total. The van der Waals surface area contributed by atoms with Gasteiger partial charge in [-0.3, -0.25) is 0 Å². The highest BCUT2D eigenvalue weighted by Crippen LogP contribution is 2.41. The molecule has 0 atom stereocenters. The van der Waals surface area contributed by atoms with Gasteiger partial charge >= 0.3 is 0 Å². The van der Waals surface area contributed by atoms with Crippen LogP contribution in [0.1, 0.15) is 0 Å². The first-order valence-corrected chi connectivity index (χ1v) is 20.8. The number of para-hydroxylation sites is 2. The molecule has 0 bridgehead atoms. The van der Waals surface area contributed by atoms with Gasteiger partial charge in [-0.2, -0.15) is 0 Å². The zero-order valence-corrected chi connectivity index (χ0v) is 33.5. The van der Waals surface area contributed by atoms with E-state index in [4.69, 9.17) is 19.4 Å². The lowest BCUT2D eigenvalue weighted by atomic mass is 10.0. The van der Waals surface area contributed by atoms with E-state index in [1.165, 1.54) is 16.5 Å². The van der Waals surface area contributed by atoms with Crippen molar-refractivity contribution in [3.05, 3.63) is 218 Å². The number of furan rings is 1. The average Bonchev–Trinajstić information content (AvgIpc) is 3.89. The summed E-state index contributed by atoms with van der Waals surface area (Å²) in [7, 11) is 0. The number of fused-ring (bicyclic) bond motifs is 6. The number of hydrogen-bond donors (Lipinski definition) is 0. The molecule has 12 aromatic rings. The average molecular weight is 793 g/mol. The van der Waals surface area contributed by atoms with Gasteiger partial charge in [0.15, 0.2) is 17.5 Å². The molecule has 0 saturated carbocycles. The molecule has 290 valence electrons. The van der Waals surface area contributed by atoms with Gasteiger partial charge in [0.05, 0.1) is 16.6 Å². The van der Waals surface area contributed by atoms with Crippen molar-refractivity contribution in [2.75, 3.05) is 0 Å². The fourth-order valence-electron chi connectivity index (χ4n) is 8.84. The SMILES string of the molecule is c1ccc(-c2ccc(-n3c4ccccc4c4cc5oc6c(-c7nc(-c8cccc(-c9ccccc9)c8)nc(-c8cccc(-c9ccccc9)c8)n7)cccc6c5cc43)cc2)cc1. The Morgan fingerprint density at radius 2 is 0.790 bits per heavy atom. The van der Waals surface area contributed by atoms with Crippen molar-refractivity contribution in [3.8, 4) is 73.2 Å². The van der Waals surface area contributed by atoms with Crippen LogP contribution in [0, 0.1) is 0 Å². The molecule has 3 heterocycles. The molecule has 0 aliphatic carbocycles. The van der Waals surface area contributed by atoms with Gasteiger partial charge in [0.2, 0.25) is 0 Å². The van der Waals surface area contributed by atoms with Gasteiger partial charge in [-0.05, 0) is 81.9 Å². The fourth-order valence-corrected chi connectivity index (χ4v) is 8.84. The monoisotopic (exact) mass is 792 g/mol. The first-order chi connectivity index (χ1) is 30.7. The van der Waals surface area contributed by atoms with Crippen molar-refractivity contribution < 1.29 is 4.42 Å². The first-order valence-electron chi connectivity index (χ1n) is 20.8. The molecule has 12 rings (SSSR count). The van der Waals surface area contributed by atoms with Crippen LogP contribution >= 0.6 is 0 Å². The lowest BCUT2D eigenvalue weighted by molar-refractivity contribution is 0.670. The van der Waals surface area contributed by atoms with E-state index < -0.39 is 0 Å². The maximum Gasteiger partial charge on any atom is 0.167 e. The van der Waals surface area contributed by atoms with Gasteiger partial charge in [0.25, 0.3) is 0 Å². The molecule has 62 heavy (non-hydrogen) atoms. The van der Waals surface area contributed by atoms with E-state index in [9.17, 15) is 0 Å². The van der Waals surface area contributed by atoms with Crippen molar-refractivity contribution in [2.45, 2.75) is 0 Å². The van der Waals surface area contributed by atoms with Gasteiger partial charge < -0.3 is 8.98 Å². The summed E-state index contributed by atoms with van der Waals surface area (Å²) >= 11 is 0. The second-order valence-corrected chi connectivity index (χ2v) is 15.6. The van der Waals surface area contributed by atoms with Crippen LogP contribution in [0.25, 0.3) is 117 Å². The summed E-state index contributed by atoms with van der Waals surface area (Å²) in [5.74, 6) is 1.72. The summed E-state index contributed by atoms with van der Waals surface area (Å²) in [5.41, 5.74) is 14.3. The van der Waals surface area contributed by atoms with Crippen LogP contribution in [0.15, 0.2) is 223 Å². The highest BCUT2D eigenvalue weighted by Gasteiger charge is 2.21. The third-order valence-corrected chi connectivity index (χ3v) is 11.9. The van der Waals surface area contributed by atoms with Crippen LogP contribution in [-0.4, -0.2) is 19.5 Å². The molecule has 0 radical (unpaired) electrons. The maximum atomic E-state index is 6.91. The molecule has 5 nitrogen and oxygen atoms in total. The molecule has 0 saturated heterocycles. The zero-order valence-electron chi connectivity index (χ0n) is 33.5. The fraction of sp³-hybridized carbons (Fsp3) is 0. The first kappa shape index (κ1) is 35.5. The van der Waals surface area contributed by atoms with E-state index in [2.05, 4.69) is 211 Å². The minimum absolute atomic E-state index is 0.544. The van der Waals surface area contributed by atoms with Crippen LogP contribution in [0.3, 0.4) is 0 Å². The Balaban J connectivity index is 1.04. The number of nitrogens with zero attached hydrogens (tertiary/aromatic N) is 4. The molecule has 0 aliphatic rings. The van der Waals surface area contributed by atoms with Gasteiger partial charge in [-0.1, -0.05) is 170 Å². The van der Waals surface area contributed by atoms with E-state index >= 15 is 0 Å². The Hall–Kier alpha value is -8.41. The smallest absolute Gasteiger partial charge is 0.167 e. The third kappa shape index (κ3) is 6.14. The summed E-state index contributed by atoms with van der Waals surface area (Å²) in [4.78, 5) is 15.6. The van der Waals surface area contributed by atoms with Crippen LogP contribution in [0.2, 0.25) is 0 Å². The lowest BCUT2D eigenvalue weighted by Crippen LogP contribution is -2.00. The third-order valence-electron chi connectivity index (χ3n) is 11.9. The summed E-state index contributed by atoms with van der Waals surface area (Å²) in [6.07, 6.45) is 0. The maximum absolute atomic E-state index is 6.91. The summed E-state index contributed by atoms with van der Waals surface area (Å²) in [5, 5.41) is 4.32. The number of benzene rings is 9. The lowest BCUT2D eigenvalue weighted by Gasteiger charge is -2.11. The quantitative estimate of drug-likeness (QED) is 0.161. The Kier molecular flexibility index (Phi) is 8.42. The number of aromatic nitrogens is 4. The zero-order chi connectivity index (χ0) is 41.0. The summed E-state index contributed by atoms with van der Waals surface area (Å²) in [6, 6.07) is 76.3. The molecule has 0 spiro atoms.